The second-order valence-electron chi connectivity index (χ2n) is 6.68. The highest BCUT2D eigenvalue weighted by Crippen LogP contribution is 2.18. The van der Waals surface area contributed by atoms with Crippen LogP contribution in [-0.4, -0.2) is 47.0 Å². The Morgan fingerprint density at radius 2 is 1.88 bits per heavy atom. The minimum absolute atomic E-state index is 0.133. The smallest absolute Gasteiger partial charge is 0.224 e. The molecule has 1 aliphatic rings. The molecule has 6 nitrogen and oxygen atoms in total. The highest BCUT2D eigenvalue weighted by molar-refractivity contribution is 5.77. The number of hydrogen-bond donors (Lipinski definition) is 1. The van der Waals surface area contributed by atoms with Gasteiger partial charge in [0.15, 0.2) is 0 Å². The van der Waals surface area contributed by atoms with E-state index in [4.69, 9.17) is 10.3 Å². The van der Waals surface area contributed by atoms with Crippen molar-refractivity contribution in [1.82, 2.24) is 15.0 Å². The number of amides is 1. The Balaban J connectivity index is 1.49. The van der Waals surface area contributed by atoms with Crippen LogP contribution in [0, 0.1) is 13.8 Å². The van der Waals surface area contributed by atoms with Crippen molar-refractivity contribution in [2.24, 2.45) is 5.73 Å². The first-order valence-electron chi connectivity index (χ1n) is 8.77. The predicted octanol–water partition coefficient (Wildman–Crippen LogP) is 2.03. The molecule has 0 radical (unpaired) electrons. The van der Waals surface area contributed by atoms with Gasteiger partial charge in [-0.15, -0.1) is 0 Å². The molecule has 0 saturated carbocycles. The zero-order chi connectivity index (χ0) is 17.8. The quantitative estimate of drug-likeness (QED) is 0.900. The molecule has 0 aliphatic carbocycles. The van der Waals surface area contributed by atoms with Gasteiger partial charge in [0, 0.05) is 50.7 Å². The lowest BCUT2D eigenvalue weighted by molar-refractivity contribution is -0.133. The number of nitrogens with zero attached hydrogens (tertiary/aromatic N) is 3. The van der Waals surface area contributed by atoms with E-state index in [1.54, 1.807) is 0 Å². The van der Waals surface area contributed by atoms with E-state index in [2.05, 4.69) is 10.1 Å². The summed E-state index contributed by atoms with van der Waals surface area (Å²) in [6, 6.07) is 9.56. The van der Waals surface area contributed by atoms with E-state index in [1.807, 2.05) is 49.1 Å². The van der Waals surface area contributed by atoms with Gasteiger partial charge in [0.1, 0.15) is 5.76 Å². The summed E-state index contributed by atoms with van der Waals surface area (Å²) in [6.07, 6.45) is 0.355. The number of benzene rings is 1. The van der Waals surface area contributed by atoms with Crippen LogP contribution in [0.5, 0.6) is 0 Å². The number of rotatable bonds is 5. The van der Waals surface area contributed by atoms with Gasteiger partial charge in [0.05, 0.1) is 5.69 Å². The number of aromatic nitrogens is 1. The molecule has 1 saturated heterocycles. The van der Waals surface area contributed by atoms with E-state index >= 15 is 0 Å². The number of nitrogens with two attached hydrogens (primary N) is 1. The normalized spacial score (nSPS) is 16.8. The van der Waals surface area contributed by atoms with Crippen LogP contribution in [0.3, 0.4) is 0 Å². The molecule has 2 N–H and O–H groups in total. The second kappa shape index (κ2) is 7.80. The maximum Gasteiger partial charge on any atom is 0.224 e. The third kappa shape index (κ3) is 4.27. The van der Waals surface area contributed by atoms with Crippen LogP contribution >= 0.6 is 0 Å². The highest BCUT2D eigenvalue weighted by Gasteiger charge is 2.24. The van der Waals surface area contributed by atoms with E-state index in [0.717, 1.165) is 55.3 Å². The van der Waals surface area contributed by atoms with Gasteiger partial charge in [-0.1, -0.05) is 35.5 Å². The van der Waals surface area contributed by atoms with E-state index < -0.39 is 0 Å². The van der Waals surface area contributed by atoms with Crippen LogP contribution in [0.15, 0.2) is 34.9 Å². The minimum Gasteiger partial charge on any atom is -0.361 e. The van der Waals surface area contributed by atoms with Crippen molar-refractivity contribution in [2.45, 2.75) is 32.9 Å². The van der Waals surface area contributed by atoms with Crippen LogP contribution in [0.2, 0.25) is 0 Å². The van der Waals surface area contributed by atoms with Crippen LogP contribution < -0.4 is 5.73 Å². The lowest BCUT2D eigenvalue weighted by Crippen LogP contribution is -2.48. The Morgan fingerprint density at radius 1 is 1.20 bits per heavy atom. The molecule has 1 unspecified atom stereocenters. The lowest BCUT2D eigenvalue weighted by Gasteiger charge is -2.35. The molecule has 1 aliphatic heterocycles. The fourth-order valence-electron chi connectivity index (χ4n) is 3.24. The summed E-state index contributed by atoms with van der Waals surface area (Å²) in [5, 5.41) is 4.01. The summed E-state index contributed by atoms with van der Waals surface area (Å²) in [5.74, 6) is 1.01. The SMILES string of the molecule is Cc1noc(C)c1CN1CCN(C(=O)CC(N)c2ccccc2)CC1. The Morgan fingerprint density at radius 3 is 2.48 bits per heavy atom. The number of aryl methyl sites for hydroxylation is 2. The topological polar surface area (TPSA) is 75.6 Å². The average molecular weight is 342 g/mol. The van der Waals surface area contributed by atoms with E-state index in [9.17, 15) is 4.79 Å². The predicted molar refractivity (Wildman–Crippen MR) is 95.8 cm³/mol. The molecule has 134 valence electrons. The highest BCUT2D eigenvalue weighted by atomic mass is 16.5. The van der Waals surface area contributed by atoms with Crippen molar-refractivity contribution in [3.8, 4) is 0 Å². The largest absolute Gasteiger partial charge is 0.361 e. The first-order valence-corrected chi connectivity index (χ1v) is 8.77. The zero-order valence-corrected chi connectivity index (χ0v) is 14.9. The molecule has 2 heterocycles. The van der Waals surface area contributed by atoms with Crippen LogP contribution in [0.1, 0.15) is 35.0 Å². The van der Waals surface area contributed by atoms with Crippen molar-refractivity contribution in [3.05, 3.63) is 52.9 Å². The summed E-state index contributed by atoms with van der Waals surface area (Å²) in [4.78, 5) is 16.8. The van der Waals surface area contributed by atoms with E-state index in [1.165, 1.54) is 0 Å². The Bertz CT molecular complexity index is 686. The van der Waals surface area contributed by atoms with Gasteiger partial charge in [-0.3, -0.25) is 9.69 Å². The molecular weight excluding hydrogens is 316 g/mol. The molecule has 1 aromatic heterocycles. The van der Waals surface area contributed by atoms with E-state index in [-0.39, 0.29) is 11.9 Å². The van der Waals surface area contributed by atoms with Crippen LogP contribution in [0.4, 0.5) is 0 Å². The Kier molecular flexibility index (Phi) is 5.50. The third-order valence-electron chi connectivity index (χ3n) is 4.91. The van der Waals surface area contributed by atoms with Gasteiger partial charge in [-0.2, -0.15) is 0 Å². The molecular formula is C19H26N4O2. The molecule has 1 atom stereocenters. The van der Waals surface area contributed by atoms with Gasteiger partial charge < -0.3 is 15.2 Å². The van der Waals surface area contributed by atoms with Crippen molar-refractivity contribution >= 4 is 5.91 Å². The summed E-state index contributed by atoms with van der Waals surface area (Å²) < 4.78 is 5.23. The molecule has 0 spiro atoms. The first kappa shape index (κ1) is 17.6. The number of piperazine rings is 1. The standard InChI is InChI=1S/C19H26N4O2/c1-14-17(15(2)25-21-14)13-22-8-10-23(11-9-22)19(24)12-18(20)16-6-4-3-5-7-16/h3-7,18H,8-13,20H2,1-2H3. The van der Waals surface area contributed by atoms with Gasteiger partial charge in [0.2, 0.25) is 5.91 Å². The maximum absolute atomic E-state index is 12.5. The summed E-state index contributed by atoms with van der Waals surface area (Å²) in [5.41, 5.74) is 9.29. The van der Waals surface area contributed by atoms with Gasteiger partial charge in [-0.25, -0.2) is 0 Å². The summed E-state index contributed by atoms with van der Waals surface area (Å²) in [7, 11) is 0. The van der Waals surface area contributed by atoms with Crippen molar-refractivity contribution < 1.29 is 9.32 Å². The molecule has 0 bridgehead atoms. The molecule has 25 heavy (non-hydrogen) atoms. The monoisotopic (exact) mass is 342 g/mol. The number of hydrogen-bond acceptors (Lipinski definition) is 5. The second-order valence-corrected chi connectivity index (χ2v) is 6.68. The fraction of sp³-hybridized carbons (Fsp3) is 0.474. The zero-order valence-electron chi connectivity index (χ0n) is 14.9. The summed E-state index contributed by atoms with van der Waals surface area (Å²) >= 11 is 0. The first-order chi connectivity index (χ1) is 12.0. The molecule has 2 aromatic rings. The number of carbonyl (C=O) groups is 1. The van der Waals surface area contributed by atoms with Crippen molar-refractivity contribution in [3.63, 3.8) is 0 Å². The Hall–Kier alpha value is -2.18. The van der Waals surface area contributed by atoms with Crippen LogP contribution in [-0.2, 0) is 11.3 Å². The Labute approximate surface area is 148 Å². The molecule has 6 heteroatoms. The van der Waals surface area contributed by atoms with Crippen molar-refractivity contribution in [1.29, 1.82) is 0 Å². The molecule has 1 fully saturated rings. The van der Waals surface area contributed by atoms with E-state index in [0.29, 0.717) is 6.42 Å². The van der Waals surface area contributed by atoms with Crippen molar-refractivity contribution in [2.75, 3.05) is 26.2 Å². The molecule has 1 amide bonds. The molecule has 3 rings (SSSR count). The maximum atomic E-state index is 12.5. The van der Waals surface area contributed by atoms with Gasteiger partial charge in [-0.05, 0) is 19.4 Å². The van der Waals surface area contributed by atoms with Crippen LogP contribution in [0.25, 0.3) is 0 Å². The third-order valence-corrected chi connectivity index (χ3v) is 4.91. The fourth-order valence-corrected chi connectivity index (χ4v) is 3.24. The summed E-state index contributed by atoms with van der Waals surface area (Å²) in [6.45, 7) is 7.93. The lowest BCUT2D eigenvalue weighted by atomic mass is 10.0. The number of carbonyl (C=O) groups excluding carboxylic acids is 1. The van der Waals surface area contributed by atoms with Gasteiger partial charge in [0.25, 0.3) is 0 Å². The average Bonchev–Trinajstić information content (AvgIpc) is 2.95. The minimum atomic E-state index is -0.242. The van der Waals surface area contributed by atoms with Gasteiger partial charge >= 0.3 is 0 Å². The molecule has 1 aromatic carbocycles.